The maximum atomic E-state index is 13.2. The molecule has 7 nitrogen and oxygen atoms in total. The van der Waals surface area contributed by atoms with Crippen molar-refractivity contribution in [2.45, 2.75) is 18.3 Å². The summed E-state index contributed by atoms with van der Waals surface area (Å²) in [7, 11) is 0. The summed E-state index contributed by atoms with van der Waals surface area (Å²) in [5, 5.41) is 18.3. The quantitative estimate of drug-likeness (QED) is 0.421. The van der Waals surface area contributed by atoms with E-state index < -0.39 is 5.41 Å². The van der Waals surface area contributed by atoms with Crippen molar-refractivity contribution < 1.29 is 4.79 Å². The lowest BCUT2D eigenvalue weighted by atomic mass is 9.94. The van der Waals surface area contributed by atoms with Crippen LogP contribution in [0, 0.1) is 0 Å². The van der Waals surface area contributed by atoms with E-state index in [1.165, 1.54) is 0 Å². The van der Waals surface area contributed by atoms with E-state index in [1.54, 1.807) is 18.3 Å². The van der Waals surface area contributed by atoms with Gasteiger partial charge in [-0.1, -0.05) is 41.4 Å². The zero-order valence-corrected chi connectivity index (χ0v) is 17.7. The molecule has 31 heavy (non-hydrogen) atoms. The Bertz CT molecular complexity index is 1250. The van der Waals surface area contributed by atoms with Gasteiger partial charge in [0.1, 0.15) is 5.15 Å². The number of carbonyl (C=O) groups excluding carboxylic acids is 1. The Morgan fingerprint density at radius 1 is 1.03 bits per heavy atom. The largest absolute Gasteiger partial charge is 0.325 e. The number of hydrogen-bond donors (Lipinski definition) is 2. The van der Waals surface area contributed by atoms with E-state index >= 15 is 0 Å². The highest BCUT2D eigenvalue weighted by atomic mass is 35.5. The van der Waals surface area contributed by atoms with E-state index in [-0.39, 0.29) is 5.91 Å². The monoisotopic (exact) mass is 450 g/mol. The molecule has 0 atom stereocenters. The smallest absolute Gasteiger partial charge is 0.235 e. The van der Waals surface area contributed by atoms with Crippen molar-refractivity contribution >= 4 is 34.8 Å². The van der Waals surface area contributed by atoms with Crippen LogP contribution in [0.25, 0.3) is 22.5 Å². The fraction of sp³-hybridized carbons (Fsp3) is 0.136. The Labute approximate surface area is 187 Å². The molecule has 1 saturated carbocycles. The summed E-state index contributed by atoms with van der Waals surface area (Å²) in [6.07, 6.45) is 3.25. The van der Waals surface area contributed by atoms with Crippen molar-refractivity contribution in [3.63, 3.8) is 0 Å². The van der Waals surface area contributed by atoms with Gasteiger partial charge in [0, 0.05) is 28.0 Å². The Morgan fingerprint density at radius 3 is 2.58 bits per heavy atom. The van der Waals surface area contributed by atoms with Crippen LogP contribution in [0.2, 0.25) is 10.2 Å². The summed E-state index contributed by atoms with van der Waals surface area (Å²) in [6.45, 7) is 0. The summed E-state index contributed by atoms with van der Waals surface area (Å²) in [5.74, 6) is 0.425. The molecule has 0 bridgehead atoms. The van der Waals surface area contributed by atoms with Crippen LogP contribution in [0.4, 0.5) is 5.69 Å². The van der Waals surface area contributed by atoms with Crippen LogP contribution >= 0.6 is 23.2 Å². The summed E-state index contributed by atoms with van der Waals surface area (Å²) in [6, 6.07) is 16.7. The molecule has 0 unspecified atom stereocenters. The number of halogens is 2. The zero-order valence-electron chi connectivity index (χ0n) is 16.1. The fourth-order valence-electron chi connectivity index (χ4n) is 3.69. The third-order valence-electron chi connectivity index (χ3n) is 5.48. The Kier molecular flexibility index (Phi) is 4.92. The lowest BCUT2D eigenvalue weighted by Gasteiger charge is -2.17. The van der Waals surface area contributed by atoms with E-state index in [0.29, 0.717) is 21.7 Å². The van der Waals surface area contributed by atoms with Crippen molar-refractivity contribution in [2.24, 2.45) is 0 Å². The number of nitrogens with one attached hydrogen (secondary N) is 2. The summed E-state index contributed by atoms with van der Waals surface area (Å²) in [4.78, 5) is 17.3. The molecule has 0 spiro atoms. The number of hydrogen-bond acceptors (Lipinski definition) is 5. The molecule has 2 aromatic carbocycles. The Balaban J connectivity index is 1.49. The van der Waals surface area contributed by atoms with Crippen molar-refractivity contribution in [2.75, 3.05) is 5.32 Å². The van der Waals surface area contributed by atoms with E-state index in [2.05, 4.69) is 30.9 Å². The number of H-pyrrole nitrogens is 1. The second-order valence-electron chi connectivity index (χ2n) is 7.43. The molecule has 0 radical (unpaired) electrons. The van der Waals surface area contributed by atoms with Crippen molar-refractivity contribution in [1.29, 1.82) is 0 Å². The number of rotatable bonds is 5. The molecule has 1 aliphatic rings. The summed E-state index contributed by atoms with van der Waals surface area (Å²) in [5.41, 5.74) is 3.48. The summed E-state index contributed by atoms with van der Waals surface area (Å²) >= 11 is 12.1. The van der Waals surface area contributed by atoms with E-state index in [9.17, 15) is 4.79 Å². The second kappa shape index (κ2) is 7.76. The van der Waals surface area contributed by atoms with Gasteiger partial charge in [0.05, 0.1) is 5.41 Å². The number of amides is 1. The van der Waals surface area contributed by atoms with Crippen molar-refractivity contribution in [3.05, 3.63) is 76.5 Å². The normalized spacial score (nSPS) is 14.3. The first-order valence-corrected chi connectivity index (χ1v) is 10.4. The van der Waals surface area contributed by atoms with Gasteiger partial charge in [-0.05, 0) is 70.8 Å². The number of tetrazole rings is 1. The highest BCUT2D eigenvalue weighted by molar-refractivity contribution is 6.30. The second-order valence-corrected chi connectivity index (χ2v) is 8.25. The minimum atomic E-state index is -0.544. The maximum Gasteiger partial charge on any atom is 0.235 e. The van der Waals surface area contributed by atoms with Gasteiger partial charge in [-0.3, -0.25) is 4.79 Å². The topological polar surface area (TPSA) is 96.5 Å². The van der Waals surface area contributed by atoms with Gasteiger partial charge in [0.2, 0.25) is 5.91 Å². The number of pyridine rings is 1. The van der Waals surface area contributed by atoms with Gasteiger partial charge in [-0.2, -0.15) is 0 Å². The van der Waals surface area contributed by atoms with Crippen molar-refractivity contribution in [3.8, 4) is 22.5 Å². The van der Waals surface area contributed by atoms with Gasteiger partial charge in [-0.25, -0.2) is 10.1 Å². The highest BCUT2D eigenvalue weighted by Crippen LogP contribution is 2.49. The number of aromatic amines is 1. The van der Waals surface area contributed by atoms with Crippen LogP contribution < -0.4 is 5.32 Å². The molecule has 2 heterocycles. The van der Waals surface area contributed by atoms with Crippen molar-refractivity contribution in [1.82, 2.24) is 25.6 Å². The molecule has 154 valence electrons. The lowest BCUT2D eigenvalue weighted by molar-refractivity contribution is -0.118. The van der Waals surface area contributed by atoms with E-state index in [0.717, 1.165) is 35.1 Å². The fourth-order valence-corrected chi connectivity index (χ4v) is 3.99. The maximum absolute atomic E-state index is 13.2. The highest BCUT2D eigenvalue weighted by Gasteiger charge is 2.51. The Hall–Kier alpha value is -3.29. The molecule has 1 aliphatic carbocycles. The molecule has 0 saturated heterocycles. The lowest BCUT2D eigenvalue weighted by Crippen LogP contribution is -2.27. The van der Waals surface area contributed by atoms with Crippen LogP contribution in [0.5, 0.6) is 0 Å². The first-order valence-electron chi connectivity index (χ1n) is 9.63. The molecule has 1 amide bonds. The molecule has 0 aliphatic heterocycles. The molecular formula is C22H16Cl2N6O. The van der Waals surface area contributed by atoms with Crippen LogP contribution in [0.15, 0.2) is 60.8 Å². The average molecular weight is 451 g/mol. The van der Waals surface area contributed by atoms with Gasteiger partial charge in [-0.15, -0.1) is 5.10 Å². The Morgan fingerprint density at radius 2 is 1.90 bits per heavy atom. The van der Waals surface area contributed by atoms with Gasteiger partial charge < -0.3 is 5.32 Å². The van der Waals surface area contributed by atoms with E-state index in [1.807, 2.05) is 42.5 Å². The van der Waals surface area contributed by atoms with Crippen LogP contribution in [0.3, 0.4) is 0 Å². The molecular weight excluding hydrogens is 435 g/mol. The third-order valence-corrected chi connectivity index (χ3v) is 5.94. The standard InChI is InChI=1S/C22H16Cl2N6O/c23-15-3-1-2-14(10-15)22(8-9-22)21(31)26-16-5-6-17(13-4-7-19(24)25-12-13)18(11-16)20-27-29-30-28-20/h1-7,10-12H,8-9H2,(H,26,31)(H,27,28,29,30). The zero-order chi connectivity index (χ0) is 21.4. The summed E-state index contributed by atoms with van der Waals surface area (Å²) < 4.78 is 0. The van der Waals surface area contributed by atoms with Crippen LogP contribution in [0.1, 0.15) is 18.4 Å². The van der Waals surface area contributed by atoms with Gasteiger partial charge in [0.15, 0.2) is 5.82 Å². The minimum absolute atomic E-state index is 0.0580. The molecule has 2 aromatic heterocycles. The SMILES string of the molecule is O=C(Nc1ccc(-c2ccc(Cl)nc2)c(-c2nnn[nH]2)c1)C1(c2cccc(Cl)c2)CC1. The average Bonchev–Trinajstić information content (AvgIpc) is 3.41. The van der Waals surface area contributed by atoms with Crippen LogP contribution in [-0.2, 0) is 10.2 Å². The number of aromatic nitrogens is 5. The first-order chi connectivity index (χ1) is 15.0. The third kappa shape index (κ3) is 3.78. The van der Waals surface area contributed by atoms with Crippen LogP contribution in [-0.4, -0.2) is 31.5 Å². The number of benzene rings is 2. The molecule has 2 N–H and O–H groups in total. The number of anilines is 1. The minimum Gasteiger partial charge on any atom is -0.325 e. The first kappa shape index (κ1) is 19.7. The van der Waals surface area contributed by atoms with Gasteiger partial charge >= 0.3 is 0 Å². The van der Waals surface area contributed by atoms with Gasteiger partial charge in [0.25, 0.3) is 0 Å². The molecule has 9 heteroatoms. The number of nitrogens with zero attached hydrogens (tertiary/aromatic N) is 4. The number of carbonyl (C=O) groups is 1. The predicted molar refractivity (Wildman–Crippen MR) is 119 cm³/mol. The molecule has 4 aromatic rings. The van der Waals surface area contributed by atoms with E-state index in [4.69, 9.17) is 23.2 Å². The molecule has 1 fully saturated rings. The molecule has 5 rings (SSSR count). The predicted octanol–water partition coefficient (Wildman–Crippen LogP) is 4.91.